The smallest absolute Gasteiger partial charge is 0.312 e. The number of carbonyl (C=O) groups is 2. The summed E-state index contributed by atoms with van der Waals surface area (Å²) in [6.45, 7) is 2.72. The number of aromatic nitrogens is 1. The number of hydrogen-bond acceptors (Lipinski definition) is 4. The zero-order valence-corrected chi connectivity index (χ0v) is 16.8. The predicted molar refractivity (Wildman–Crippen MR) is 113 cm³/mol. The van der Waals surface area contributed by atoms with Crippen molar-refractivity contribution < 1.29 is 9.59 Å². The summed E-state index contributed by atoms with van der Waals surface area (Å²) in [6.07, 6.45) is 1.10. The first-order valence-electron chi connectivity index (χ1n) is 10.3. The van der Waals surface area contributed by atoms with Gasteiger partial charge in [-0.1, -0.05) is 30.3 Å². The van der Waals surface area contributed by atoms with E-state index in [1.165, 1.54) is 11.1 Å². The van der Waals surface area contributed by atoms with E-state index in [1.54, 1.807) is 11.9 Å². The van der Waals surface area contributed by atoms with Crippen LogP contribution in [0.5, 0.6) is 0 Å². The van der Waals surface area contributed by atoms with Crippen LogP contribution in [0.3, 0.4) is 0 Å². The lowest BCUT2D eigenvalue weighted by Crippen LogP contribution is -2.48. The van der Waals surface area contributed by atoms with Gasteiger partial charge in [0.25, 0.3) is 5.91 Å². The second-order valence-electron chi connectivity index (χ2n) is 8.73. The van der Waals surface area contributed by atoms with Crippen LogP contribution in [-0.2, 0) is 37.3 Å². The highest BCUT2D eigenvalue weighted by molar-refractivity contribution is 6.07. The number of carbonyl (C=O) groups excluding carboxylic acids is 2. The van der Waals surface area contributed by atoms with Crippen LogP contribution < -0.4 is 5.32 Å². The Morgan fingerprint density at radius 2 is 1.67 bits per heavy atom. The van der Waals surface area contributed by atoms with Gasteiger partial charge in [0.15, 0.2) is 0 Å². The van der Waals surface area contributed by atoms with Crippen molar-refractivity contribution in [3.63, 3.8) is 0 Å². The average molecular weight is 398 g/mol. The minimum atomic E-state index is -0.791. The molecule has 0 bridgehead atoms. The minimum absolute atomic E-state index is 0.197. The summed E-state index contributed by atoms with van der Waals surface area (Å²) in [6, 6.07) is 16.7. The number of amides is 3. The predicted octanol–water partition coefficient (Wildman–Crippen LogP) is 2.77. The zero-order chi connectivity index (χ0) is 20.5. The lowest BCUT2D eigenvalue weighted by Gasteiger charge is -2.27. The standard InChI is InChI=1S/C24H22N4O2/c1-27-23(30)26-22(29)24(27)10-18-8-15-6-7-20(25-21(15)9-19(18)11-24)14-28-12-16-4-2-3-5-17(16)13-28/h2-9H,10-14H2,1H3,(H,26,29,30). The normalized spacial score (nSPS) is 22.8. The van der Waals surface area contributed by atoms with Crippen molar-refractivity contribution in [3.05, 3.63) is 76.5 Å². The van der Waals surface area contributed by atoms with Gasteiger partial charge >= 0.3 is 6.03 Å². The molecule has 1 saturated heterocycles. The molecule has 2 aliphatic heterocycles. The molecule has 150 valence electrons. The highest BCUT2D eigenvalue weighted by Gasteiger charge is 2.54. The van der Waals surface area contributed by atoms with E-state index >= 15 is 0 Å². The highest BCUT2D eigenvalue weighted by atomic mass is 16.2. The van der Waals surface area contributed by atoms with Gasteiger partial charge < -0.3 is 4.90 Å². The van der Waals surface area contributed by atoms with E-state index in [0.717, 1.165) is 47.4 Å². The van der Waals surface area contributed by atoms with Crippen LogP contribution in [0.2, 0.25) is 0 Å². The number of pyridine rings is 1. The Morgan fingerprint density at radius 3 is 2.33 bits per heavy atom. The van der Waals surface area contributed by atoms with Gasteiger partial charge in [0.2, 0.25) is 0 Å². The van der Waals surface area contributed by atoms with Gasteiger partial charge in [-0.25, -0.2) is 4.79 Å². The van der Waals surface area contributed by atoms with E-state index in [2.05, 4.69) is 58.7 Å². The van der Waals surface area contributed by atoms with E-state index in [-0.39, 0.29) is 11.9 Å². The molecule has 0 saturated carbocycles. The third-order valence-electron chi connectivity index (χ3n) is 6.92. The van der Waals surface area contributed by atoms with Crippen molar-refractivity contribution in [1.82, 2.24) is 20.1 Å². The summed E-state index contributed by atoms with van der Waals surface area (Å²) >= 11 is 0. The molecule has 2 aromatic carbocycles. The third kappa shape index (κ3) is 2.50. The molecule has 6 rings (SSSR count). The Balaban J connectivity index is 1.28. The quantitative estimate of drug-likeness (QED) is 0.674. The molecule has 1 atom stereocenters. The van der Waals surface area contributed by atoms with Crippen LogP contribution in [0.1, 0.15) is 27.9 Å². The van der Waals surface area contributed by atoms with E-state index < -0.39 is 5.54 Å². The molecule has 1 aliphatic carbocycles. The van der Waals surface area contributed by atoms with Crippen molar-refractivity contribution in [2.45, 2.75) is 38.0 Å². The maximum absolute atomic E-state index is 12.5. The summed E-state index contributed by atoms with van der Waals surface area (Å²) < 4.78 is 0. The molecule has 3 amide bonds. The largest absolute Gasteiger partial charge is 0.324 e. The van der Waals surface area contributed by atoms with Crippen molar-refractivity contribution >= 4 is 22.8 Å². The molecule has 1 spiro atoms. The van der Waals surface area contributed by atoms with Gasteiger partial charge in [-0.2, -0.15) is 0 Å². The van der Waals surface area contributed by atoms with Crippen LogP contribution in [0.15, 0.2) is 48.5 Å². The van der Waals surface area contributed by atoms with Gasteiger partial charge in [0.05, 0.1) is 11.2 Å². The maximum atomic E-state index is 12.5. The Morgan fingerprint density at radius 1 is 0.967 bits per heavy atom. The second-order valence-corrected chi connectivity index (χ2v) is 8.73. The Hall–Kier alpha value is -3.25. The van der Waals surface area contributed by atoms with Crippen LogP contribution in [0.4, 0.5) is 4.79 Å². The monoisotopic (exact) mass is 398 g/mol. The summed E-state index contributed by atoms with van der Waals surface area (Å²) in [4.78, 5) is 33.4. The van der Waals surface area contributed by atoms with Crippen molar-refractivity contribution in [3.8, 4) is 0 Å². The summed E-state index contributed by atoms with van der Waals surface area (Å²) in [5, 5.41) is 3.54. The molecule has 1 aromatic heterocycles. The van der Waals surface area contributed by atoms with Gasteiger partial charge in [-0.05, 0) is 40.5 Å². The lowest BCUT2D eigenvalue weighted by atomic mass is 9.95. The van der Waals surface area contributed by atoms with Crippen LogP contribution in [0, 0.1) is 0 Å². The molecule has 6 heteroatoms. The van der Waals surface area contributed by atoms with Gasteiger partial charge in [0, 0.05) is 44.9 Å². The first-order valence-corrected chi connectivity index (χ1v) is 10.3. The molecule has 1 unspecified atom stereocenters. The topological polar surface area (TPSA) is 65.5 Å². The van der Waals surface area contributed by atoms with Crippen molar-refractivity contribution in [2.24, 2.45) is 0 Å². The Bertz CT molecular complexity index is 1210. The second kappa shape index (κ2) is 6.12. The van der Waals surface area contributed by atoms with E-state index in [0.29, 0.717) is 12.8 Å². The fraction of sp³-hybridized carbons (Fsp3) is 0.292. The fourth-order valence-electron chi connectivity index (χ4n) is 5.20. The van der Waals surface area contributed by atoms with E-state index in [1.807, 2.05) is 0 Å². The molecule has 1 N–H and O–H groups in total. The molecule has 3 aromatic rings. The first-order chi connectivity index (χ1) is 14.5. The number of hydrogen-bond donors (Lipinski definition) is 1. The van der Waals surface area contributed by atoms with E-state index in [9.17, 15) is 9.59 Å². The first kappa shape index (κ1) is 17.6. The molecule has 30 heavy (non-hydrogen) atoms. The Labute approximate surface area is 174 Å². The molecule has 1 fully saturated rings. The van der Waals surface area contributed by atoms with Gasteiger partial charge in [0.1, 0.15) is 5.54 Å². The number of nitrogens with zero attached hydrogens (tertiary/aromatic N) is 3. The highest BCUT2D eigenvalue weighted by Crippen LogP contribution is 2.38. The Kier molecular flexibility index (Phi) is 3.59. The fourth-order valence-corrected chi connectivity index (χ4v) is 5.20. The molecule has 6 nitrogen and oxygen atoms in total. The van der Waals surface area contributed by atoms with Crippen LogP contribution in [0.25, 0.3) is 10.9 Å². The van der Waals surface area contributed by atoms with Gasteiger partial charge in [-0.3, -0.25) is 20.0 Å². The van der Waals surface area contributed by atoms with Gasteiger partial charge in [-0.15, -0.1) is 0 Å². The number of benzene rings is 2. The number of urea groups is 1. The number of fused-ring (bicyclic) bond motifs is 3. The average Bonchev–Trinajstić information content (AvgIpc) is 3.37. The molecular formula is C24H22N4O2. The number of rotatable bonds is 2. The molecule has 3 aliphatic rings. The number of imide groups is 1. The maximum Gasteiger partial charge on any atom is 0.324 e. The van der Waals surface area contributed by atoms with Crippen LogP contribution >= 0.6 is 0 Å². The molecule has 0 radical (unpaired) electrons. The zero-order valence-electron chi connectivity index (χ0n) is 16.8. The molecular weight excluding hydrogens is 376 g/mol. The third-order valence-corrected chi connectivity index (χ3v) is 6.92. The summed E-state index contributed by atoms with van der Waals surface area (Å²) in [7, 11) is 1.70. The summed E-state index contributed by atoms with van der Waals surface area (Å²) in [5.41, 5.74) is 6.24. The number of likely N-dealkylation sites (N-methyl/N-ethyl adjacent to an activating group) is 1. The SMILES string of the molecule is CN1C(=O)NC(=O)C12Cc1cc3ccc(CN4Cc5ccccc5C4)nc3cc1C2. The molecule has 3 heterocycles. The minimum Gasteiger partial charge on any atom is -0.312 e. The van der Waals surface area contributed by atoms with E-state index in [4.69, 9.17) is 4.98 Å². The number of nitrogens with one attached hydrogen (secondary N) is 1. The lowest BCUT2D eigenvalue weighted by molar-refractivity contribution is -0.125. The van der Waals surface area contributed by atoms with Crippen molar-refractivity contribution in [2.75, 3.05) is 7.05 Å². The van der Waals surface area contributed by atoms with Crippen LogP contribution in [-0.4, -0.2) is 39.3 Å². The summed E-state index contributed by atoms with van der Waals surface area (Å²) in [5.74, 6) is -0.197. The van der Waals surface area contributed by atoms with Crippen molar-refractivity contribution in [1.29, 1.82) is 0 Å².